The molecule has 0 saturated carbocycles. The number of nitrogens with zero attached hydrogens (tertiary/aromatic N) is 1. The molecule has 0 radical (unpaired) electrons. The van der Waals surface area contributed by atoms with E-state index in [-0.39, 0.29) is 11.4 Å². The molecular weight excluding hydrogens is 227 g/mol. The second-order valence-electron chi connectivity index (χ2n) is 3.32. The first-order valence-corrected chi connectivity index (χ1v) is 5.08. The summed E-state index contributed by atoms with van der Waals surface area (Å²) in [5, 5.41) is 11.4. The van der Waals surface area contributed by atoms with Crippen molar-refractivity contribution in [3.8, 4) is 5.75 Å². The van der Waals surface area contributed by atoms with Gasteiger partial charge in [-0.2, -0.15) is 0 Å². The van der Waals surface area contributed by atoms with Crippen LogP contribution in [0, 0.1) is 5.82 Å². The van der Waals surface area contributed by atoms with Crippen molar-refractivity contribution in [2.75, 3.05) is 20.3 Å². The smallest absolute Gasteiger partial charge is 0.173 e. The third kappa shape index (κ3) is 3.92. The Bertz CT molecular complexity index is 396. The average molecular weight is 242 g/mol. The number of benzene rings is 1. The van der Waals surface area contributed by atoms with Crippen molar-refractivity contribution in [3.63, 3.8) is 0 Å². The Balaban J connectivity index is 2.76. The van der Waals surface area contributed by atoms with Gasteiger partial charge in [0.15, 0.2) is 5.84 Å². The highest BCUT2D eigenvalue weighted by atomic mass is 19.1. The predicted molar refractivity (Wildman–Crippen MR) is 60.9 cm³/mol. The van der Waals surface area contributed by atoms with Crippen molar-refractivity contribution < 1.29 is 19.1 Å². The van der Waals surface area contributed by atoms with E-state index in [0.29, 0.717) is 25.4 Å². The molecule has 0 aliphatic rings. The van der Waals surface area contributed by atoms with Crippen LogP contribution in [0.2, 0.25) is 0 Å². The van der Waals surface area contributed by atoms with Crippen LogP contribution in [0.1, 0.15) is 12.0 Å². The van der Waals surface area contributed by atoms with E-state index in [1.807, 2.05) is 0 Å². The van der Waals surface area contributed by atoms with Crippen LogP contribution >= 0.6 is 0 Å². The first-order valence-electron chi connectivity index (χ1n) is 5.08. The monoisotopic (exact) mass is 242 g/mol. The minimum Gasteiger partial charge on any atom is -0.493 e. The summed E-state index contributed by atoms with van der Waals surface area (Å²) in [4.78, 5) is 0. The summed E-state index contributed by atoms with van der Waals surface area (Å²) >= 11 is 0. The van der Waals surface area contributed by atoms with Gasteiger partial charge in [0.2, 0.25) is 0 Å². The fourth-order valence-electron chi connectivity index (χ4n) is 1.27. The highest BCUT2D eigenvalue weighted by Gasteiger charge is 2.09. The molecule has 1 aromatic rings. The summed E-state index contributed by atoms with van der Waals surface area (Å²) in [5.74, 6) is -0.292. The number of hydrogen-bond acceptors (Lipinski definition) is 4. The van der Waals surface area contributed by atoms with Gasteiger partial charge in [-0.3, -0.25) is 0 Å². The summed E-state index contributed by atoms with van der Waals surface area (Å²) in [6, 6.07) is 3.84. The Morgan fingerprint density at radius 3 is 2.88 bits per heavy atom. The molecule has 6 heteroatoms. The van der Waals surface area contributed by atoms with Crippen LogP contribution in [0.3, 0.4) is 0 Å². The van der Waals surface area contributed by atoms with Crippen LogP contribution in [0.5, 0.6) is 5.75 Å². The Hall–Kier alpha value is -1.82. The third-order valence-corrected chi connectivity index (χ3v) is 2.08. The van der Waals surface area contributed by atoms with E-state index in [9.17, 15) is 4.39 Å². The van der Waals surface area contributed by atoms with E-state index < -0.39 is 5.82 Å². The average Bonchev–Trinajstić information content (AvgIpc) is 2.35. The number of rotatable bonds is 6. The highest BCUT2D eigenvalue weighted by molar-refractivity contribution is 5.99. The summed E-state index contributed by atoms with van der Waals surface area (Å²) < 4.78 is 23.3. The number of amidine groups is 1. The van der Waals surface area contributed by atoms with E-state index in [1.54, 1.807) is 7.11 Å². The minimum atomic E-state index is -0.476. The van der Waals surface area contributed by atoms with Crippen molar-refractivity contribution in [1.29, 1.82) is 0 Å². The van der Waals surface area contributed by atoms with E-state index >= 15 is 0 Å². The number of hydrogen-bond donors (Lipinski definition) is 2. The number of halogens is 1. The fourth-order valence-corrected chi connectivity index (χ4v) is 1.27. The van der Waals surface area contributed by atoms with Crippen LogP contribution in [0.15, 0.2) is 23.4 Å². The molecule has 0 saturated heterocycles. The lowest BCUT2D eigenvalue weighted by Crippen LogP contribution is -2.15. The number of nitrogens with two attached hydrogens (primary N) is 1. The molecule has 17 heavy (non-hydrogen) atoms. The van der Waals surface area contributed by atoms with Gasteiger partial charge >= 0.3 is 0 Å². The molecular formula is C11H15FN2O3. The second kappa shape index (κ2) is 6.70. The van der Waals surface area contributed by atoms with E-state index in [4.69, 9.17) is 20.4 Å². The fraction of sp³-hybridized carbons (Fsp3) is 0.364. The van der Waals surface area contributed by atoms with E-state index in [2.05, 4.69) is 5.16 Å². The normalized spacial score (nSPS) is 11.5. The molecule has 0 bridgehead atoms. The molecule has 0 spiro atoms. The molecule has 0 aliphatic heterocycles. The van der Waals surface area contributed by atoms with Crippen molar-refractivity contribution in [3.05, 3.63) is 29.6 Å². The Morgan fingerprint density at radius 2 is 2.24 bits per heavy atom. The van der Waals surface area contributed by atoms with Gasteiger partial charge in [0.05, 0.1) is 12.2 Å². The van der Waals surface area contributed by atoms with Crippen molar-refractivity contribution in [2.45, 2.75) is 6.42 Å². The molecule has 1 aromatic carbocycles. The zero-order valence-corrected chi connectivity index (χ0v) is 9.52. The predicted octanol–water partition coefficient (Wildman–Crippen LogP) is 1.34. The van der Waals surface area contributed by atoms with Gasteiger partial charge < -0.3 is 20.4 Å². The van der Waals surface area contributed by atoms with Gasteiger partial charge in [-0.25, -0.2) is 4.39 Å². The second-order valence-corrected chi connectivity index (χ2v) is 3.32. The van der Waals surface area contributed by atoms with Gasteiger partial charge in [0.1, 0.15) is 11.6 Å². The Morgan fingerprint density at radius 1 is 1.47 bits per heavy atom. The Kier molecular flexibility index (Phi) is 5.22. The molecule has 0 atom stereocenters. The molecule has 0 amide bonds. The number of ether oxygens (including phenoxy) is 2. The van der Waals surface area contributed by atoms with Crippen LogP contribution < -0.4 is 10.5 Å². The lowest BCUT2D eigenvalue weighted by atomic mass is 10.2. The number of oxime groups is 1. The number of methoxy groups -OCH3 is 1. The molecule has 3 N–H and O–H groups in total. The maximum atomic E-state index is 13.0. The van der Waals surface area contributed by atoms with Crippen LogP contribution in [-0.2, 0) is 4.74 Å². The molecule has 1 rings (SSSR count). The Labute approximate surface area is 98.6 Å². The molecule has 0 heterocycles. The summed E-state index contributed by atoms with van der Waals surface area (Å²) in [6.45, 7) is 0.977. The topological polar surface area (TPSA) is 77.1 Å². The maximum Gasteiger partial charge on any atom is 0.173 e. The van der Waals surface area contributed by atoms with E-state index in [0.717, 1.165) is 6.07 Å². The van der Waals surface area contributed by atoms with Gasteiger partial charge in [0, 0.05) is 20.1 Å². The van der Waals surface area contributed by atoms with Crippen LogP contribution in [0.4, 0.5) is 4.39 Å². The summed E-state index contributed by atoms with van der Waals surface area (Å²) in [7, 11) is 1.60. The summed E-state index contributed by atoms with van der Waals surface area (Å²) in [5.41, 5.74) is 5.65. The molecule has 0 aromatic heterocycles. The zero-order chi connectivity index (χ0) is 12.7. The van der Waals surface area contributed by atoms with Crippen molar-refractivity contribution >= 4 is 5.84 Å². The molecule has 94 valence electrons. The maximum absolute atomic E-state index is 13.0. The standard InChI is InChI=1S/C11H15FN2O3/c1-16-5-2-6-17-10-4-3-8(12)7-9(10)11(13)14-15/h3-4,7,15H,2,5-6H2,1H3,(H2,13,14). The quantitative estimate of drug-likeness (QED) is 0.259. The van der Waals surface area contributed by atoms with Crippen LogP contribution in [-0.4, -0.2) is 31.4 Å². The van der Waals surface area contributed by atoms with Crippen LogP contribution in [0.25, 0.3) is 0 Å². The highest BCUT2D eigenvalue weighted by Crippen LogP contribution is 2.19. The zero-order valence-electron chi connectivity index (χ0n) is 9.52. The molecule has 5 nitrogen and oxygen atoms in total. The lowest BCUT2D eigenvalue weighted by molar-refractivity contribution is 0.172. The van der Waals surface area contributed by atoms with Gasteiger partial charge in [-0.1, -0.05) is 5.16 Å². The first kappa shape index (κ1) is 13.2. The SMILES string of the molecule is COCCCOc1ccc(F)cc1C(N)=NO. The largest absolute Gasteiger partial charge is 0.493 e. The van der Waals surface area contributed by atoms with E-state index in [1.165, 1.54) is 12.1 Å². The first-order chi connectivity index (χ1) is 8.19. The van der Waals surface area contributed by atoms with Crippen molar-refractivity contribution in [1.82, 2.24) is 0 Å². The lowest BCUT2D eigenvalue weighted by Gasteiger charge is -2.10. The summed E-state index contributed by atoms with van der Waals surface area (Å²) in [6.07, 6.45) is 0.698. The molecule has 0 aliphatic carbocycles. The van der Waals surface area contributed by atoms with Crippen molar-refractivity contribution in [2.24, 2.45) is 10.9 Å². The van der Waals surface area contributed by atoms with Gasteiger partial charge in [-0.05, 0) is 18.2 Å². The third-order valence-electron chi connectivity index (χ3n) is 2.08. The molecule has 0 fully saturated rings. The minimum absolute atomic E-state index is 0.189. The van der Waals surface area contributed by atoms with Gasteiger partial charge in [-0.15, -0.1) is 0 Å². The molecule has 0 unspecified atom stereocenters. The van der Waals surface area contributed by atoms with Gasteiger partial charge in [0.25, 0.3) is 0 Å².